The normalized spacial score (nSPS) is 28.6. The molecule has 2 fully saturated rings. The van der Waals surface area contributed by atoms with E-state index in [0.717, 1.165) is 18.2 Å². The molecular weight excluding hydrogens is 270 g/mol. The molecule has 0 bridgehead atoms. The molecule has 0 N–H and O–H groups in total. The fourth-order valence-electron chi connectivity index (χ4n) is 4.19. The highest BCUT2D eigenvalue weighted by atomic mass is 35.5. The van der Waals surface area contributed by atoms with E-state index in [2.05, 4.69) is 31.1 Å². The third kappa shape index (κ3) is 2.61. The number of rotatable bonds is 3. The van der Waals surface area contributed by atoms with Crippen molar-refractivity contribution in [1.82, 2.24) is 4.90 Å². The predicted octanol–water partition coefficient (Wildman–Crippen LogP) is 3.94. The van der Waals surface area contributed by atoms with E-state index in [1.165, 1.54) is 31.2 Å². The monoisotopic (exact) mass is 293 g/mol. The van der Waals surface area contributed by atoms with Gasteiger partial charge in [0.1, 0.15) is 0 Å². The van der Waals surface area contributed by atoms with Gasteiger partial charge in [-0.05, 0) is 44.6 Å². The zero-order valence-electron chi connectivity index (χ0n) is 12.4. The highest BCUT2D eigenvalue weighted by Gasteiger charge is 2.51. The van der Waals surface area contributed by atoms with Crippen LogP contribution in [0.1, 0.15) is 37.2 Å². The molecule has 1 saturated heterocycles. The molecule has 2 atom stereocenters. The second-order valence-corrected chi connectivity index (χ2v) is 7.07. The fraction of sp³-hybridized carbons (Fsp3) is 0.647. The fourth-order valence-corrected chi connectivity index (χ4v) is 4.32. The first-order chi connectivity index (χ1) is 9.61. The Morgan fingerprint density at radius 3 is 2.45 bits per heavy atom. The summed E-state index contributed by atoms with van der Waals surface area (Å²) in [6.07, 6.45) is 5.03. The van der Waals surface area contributed by atoms with Gasteiger partial charge in [-0.2, -0.15) is 0 Å². The minimum atomic E-state index is 0.0918. The molecule has 1 aliphatic heterocycles. The van der Waals surface area contributed by atoms with Gasteiger partial charge in [0.2, 0.25) is 0 Å². The zero-order valence-corrected chi connectivity index (χ0v) is 13.2. The summed E-state index contributed by atoms with van der Waals surface area (Å²) < 4.78 is 6.35. The minimum Gasteiger partial charge on any atom is -0.374 e. The second-order valence-electron chi connectivity index (χ2n) is 6.63. The van der Waals surface area contributed by atoms with Crippen molar-refractivity contribution in [1.29, 1.82) is 0 Å². The van der Waals surface area contributed by atoms with Gasteiger partial charge in [0.15, 0.2) is 0 Å². The van der Waals surface area contributed by atoms with Crippen molar-refractivity contribution in [2.24, 2.45) is 5.92 Å². The van der Waals surface area contributed by atoms with Crippen LogP contribution in [-0.2, 0) is 4.74 Å². The molecule has 1 spiro atoms. The Morgan fingerprint density at radius 2 is 1.85 bits per heavy atom. The van der Waals surface area contributed by atoms with Crippen LogP contribution in [0.15, 0.2) is 24.3 Å². The molecule has 110 valence electrons. The Hall–Kier alpha value is -0.570. The summed E-state index contributed by atoms with van der Waals surface area (Å²) in [5.41, 5.74) is 1.50. The molecule has 0 amide bonds. The summed E-state index contributed by atoms with van der Waals surface area (Å²) in [5, 5.41) is 0.817. The molecule has 0 aromatic heterocycles. The van der Waals surface area contributed by atoms with E-state index in [4.69, 9.17) is 16.3 Å². The Morgan fingerprint density at radius 1 is 1.20 bits per heavy atom. The van der Waals surface area contributed by atoms with Crippen molar-refractivity contribution in [3.63, 3.8) is 0 Å². The van der Waals surface area contributed by atoms with E-state index in [-0.39, 0.29) is 5.60 Å². The third-order valence-corrected chi connectivity index (χ3v) is 5.15. The van der Waals surface area contributed by atoms with Crippen molar-refractivity contribution in [3.05, 3.63) is 34.9 Å². The predicted molar refractivity (Wildman–Crippen MR) is 83.4 cm³/mol. The van der Waals surface area contributed by atoms with Gasteiger partial charge in [-0.3, -0.25) is 0 Å². The van der Waals surface area contributed by atoms with E-state index in [0.29, 0.717) is 11.8 Å². The Labute approximate surface area is 127 Å². The van der Waals surface area contributed by atoms with E-state index in [1.807, 2.05) is 12.1 Å². The summed E-state index contributed by atoms with van der Waals surface area (Å²) in [6, 6.07) is 8.43. The smallest absolute Gasteiger partial charge is 0.0754 e. The molecule has 1 saturated carbocycles. The molecule has 1 aromatic rings. The third-order valence-electron chi connectivity index (χ3n) is 4.90. The first-order valence-corrected chi connectivity index (χ1v) is 8.03. The maximum Gasteiger partial charge on any atom is 0.0754 e. The molecule has 2 aliphatic rings. The van der Waals surface area contributed by atoms with E-state index in [9.17, 15) is 0 Å². The summed E-state index contributed by atoms with van der Waals surface area (Å²) >= 11 is 6.05. The maximum absolute atomic E-state index is 6.35. The lowest BCUT2D eigenvalue weighted by Gasteiger charge is -2.33. The molecule has 20 heavy (non-hydrogen) atoms. The van der Waals surface area contributed by atoms with Crippen LogP contribution in [0.2, 0.25) is 5.02 Å². The van der Waals surface area contributed by atoms with Crippen LogP contribution in [-0.4, -0.2) is 37.7 Å². The number of hydrogen-bond acceptors (Lipinski definition) is 2. The molecule has 1 heterocycles. The van der Waals surface area contributed by atoms with Crippen LogP contribution in [0, 0.1) is 5.92 Å². The van der Waals surface area contributed by atoms with Crippen LogP contribution in [0.25, 0.3) is 0 Å². The Balaban J connectivity index is 1.92. The van der Waals surface area contributed by atoms with Crippen LogP contribution in [0.3, 0.4) is 0 Å². The van der Waals surface area contributed by atoms with Crippen molar-refractivity contribution in [2.75, 3.05) is 27.2 Å². The van der Waals surface area contributed by atoms with E-state index in [1.54, 1.807) is 0 Å². The number of benzene rings is 1. The van der Waals surface area contributed by atoms with Crippen LogP contribution in [0.4, 0.5) is 0 Å². The highest BCUT2D eigenvalue weighted by molar-refractivity contribution is 6.30. The maximum atomic E-state index is 6.35. The summed E-state index contributed by atoms with van der Waals surface area (Å²) in [7, 11) is 4.30. The molecule has 3 heteroatoms. The van der Waals surface area contributed by atoms with Gasteiger partial charge in [-0.15, -0.1) is 0 Å². The molecule has 3 rings (SSSR count). The molecule has 1 aromatic carbocycles. The van der Waals surface area contributed by atoms with Crippen molar-refractivity contribution >= 4 is 11.6 Å². The standard InChI is InChI=1S/C17H24ClNO/c1-19(2)11-14-12-20-17(9-3-4-10-17)16(14)13-5-7-15(18)8-6-13/h5-8,14,16H,3-4,9-12H2,1-2H3. The van der Waals surface area contributed by atoms with Crippen LogP contribution in [0.5, 0.6) is 0 Å². The Kier molecular flexibility index (Phi) is 4.07. The lowest BCUT2D eigenvalue weighted by molar-refractivity contribution is 0.000210. The number of halogens is 1. The second kappa shape index (κ2) is 5.67. The van der Waals surface area contributed by atoms with Gasteiger partial charge in [0.05, 0.1) is 12.2 Å². The average molecular weight is 294 g/mol. The number of ether oxygens (including phenoxy) is 1. The van der Waals surface area contributed by atoms with Gasteiger partial charge >= 0.3 is 0 Å². The first-order valence-electron chi connectivity index (χ1n) is 7.65. The molecule has 0 radical (unpaired) electrons. The largest absolute Gasteiger partial charge is 0.374 e. The lowest BCUT2D eigenvalue weighted by Crippen LogP contribution is -2.34. The van der Waals surface area contributed by atoms with E-state index >= 15 is 0 Å². The van der Waals surface area contributed by atoms with Gasteiger partial charge in [-0.25, -0.2) is 0 Å². The summed E-state index contributed by atoms with van der Waals surface area (Å²) in [4.78, 5) is 2.28. The first kappa shape index (κ1) is 14.4. The minimum absolute atomic E-state index is 0.0918. The summed E-state index contributed by atoms with van der Waals surface area (Å²) in [5.74, 6) is 1.11. The van der Waals surface area contributed by atoms with Gasteiger partial charge in [0, 0.05) is 23.4 Å². The number of nitrogens with zero attached hydrogens (tertiary/aromatic N) is 1. The zero-order chi connectivity index (χ0) is 14.2. The molecule has 1 aliphatic carbocycles. The van der Waals surface area contributed by atoms with Crippen molar-refractivity contribution in [3.8, 4) is 0 Å². The van der Waals surface area contributed by atoms with E-state index < -0.39 is 0 Å². The molecule has 2 nitrogen and oxygen atoms in total. The van der Waals surface area contributed by atoms with Crippen LogP contribution < -0.4 is 0 Å². The van der Waals surface area contributed by atoms with Gasteiger partial charge in [0.25, 0.3) is 0 Å². The van der Waals surface area contributed by atoms with Gasteiger partial charge < -0.3 is 9.64 Å². The molecule has 2 unspecified atom stereocenters. The van der Waals surface area contributed by atoms with Crippen LogP contribution >= 0.6 is 11.6 Å². The number of hydrogen-bond donors (Lipinski definition) is 0. The quantitative estimate of drug-likeness (QED) is 0.837. The van der Waals surface area contributed by atoms with Crippen molar-refractivity contribution < 1.29 is 4.74 Å². The Bertz CT molecular complexity index is 451. The molecular formula is C17H24ClNO. The summed E-state index contributed by atoms with van der Waals surface area (Å²) in [6.45, 7) is 1.99. The van der Waals surface area contributed by atoms with Gasteiger partial charge in [-0.1, -0.05) is 36.6 Å². The lowest BCUT2D eigenvalue weighted by atomic mass is 9.75. The topological polar surface area (TPSA) is 12.5 Å². The highest BCUT2D eigenvalue weighted by Crippen LogP contribution is 2.52. The van der Waals surface area contributed by atoms with Crippen molar-refractivity contribution in [2.45, 2.75) is 37.2 Å². The average Bonchev–Trinajstić information content (AvgIpc) is 3.00. The SMILES string of the molecule is CN(C)CC1COC2(CCCC2)C1c1ccc(Cl)cc1.